The van der Waals surface area contributed by atoms with E-state index < -0.39 is 11.4 Å². The van der Waals surface area contributed by atoms with Crippen molar-refractivity contribution in [2.45, 2.75) is 25.7 Å². The number of ketones is 1. The summed E-state index contributed by atoms with van der Waals surface area (Å²) in [7, 11) is 0. The van der Waals surface area contributed by atoms with Gasteiger partial charge in [-0.05, 0) is 30.9 Å². The number of carbonyl (C=O) groups excluding carboxylic acids is 1. The first kappa shape index (κ1) is 10.9. The van der Waals surface area contributed by atoms with Gasteiger partial charge in [-0.15, -0.1) is 0 Å². The van der Waals surface area contributed by atoms with Crippen LogP contribution in [0.1, 0.15) is 25.7 Å². The highest BCUT2D eigenvalue weighted by molar-refractivity contribution is 5.95. The molecule has 2 rings (SSSR count). The molecule has 0 aromatic rings. The zero-order valence-corrected chi connectivity index (χ0v) is 8.98. The van der Waals surface area contributed by atoms with E-state index in [9.17, 15) is 14.7 Å². The van der Waals surface area contributed by atoms with Gasteiger partial charge in [-0.25, -0.2) is 0 Å². The Kier molecular flexibility index (Phi) is 2.77. The van der Waals surface area contributed by atoms with Gasteiger partial charge in [-0.2, -0.15) is 0 Å². The fourth-order valence-corrected chi connectivity index (χ4v) is 2.36. The molecule has 0 spiro atoms. The Morgan fingerprint density at radius 1 is 1.38 bits per heavy atom. The van der Waals surface area contributed by atoms with Crippen molar-refractivity contribution >= 4 is 11.8 Å². The minimum Gasteiger partial charge on any atom is -0.481 e. The molecule has 0 aromatic carbocycles. The molecule has 3 nitrogen and oxygen atoms in total. The van der Waals surface area contributed by atoms with Crippen molar-refractivity contribution in [3.8, 4) is 0 Å². The molecule has 0 bridgehead atoms. The molecule has 0 aromatic heterocycles. The van der Waals surface area contributed by atoms with Gasteiger partial charge in [-0.1, -0.05) is 24.3 Å². The number of carboxylic acids is 1. The van der Waals surface area contributed by atoms with Crippen molar-refractivity contribution in [1.29, 1.82) is 0 Å². The third kappa shape index (κ3) is 1.73. The Hall–Kier alpha value is -1.64. The highest BCUT2D eigenvalue weighted by atomic mass is 16.4. The summed E-state index contributed by atoms with van der Waals surface area (Å²) in [6.45, 7) is 0. The lowest BCUT2D eigenvalue weighted by atomic mass is 9.69. The van der Waals surface area contributed by atoms with Gasteiger partial charge < -0.3 is 5.11 Å². The molecule has 0 aliphatic heterocycles. The molecule has 16 heavy (non-hydrogen) atoms. The van der Waals surface area contributed by atoms with Gasteiger partial charge in [0.2, 0.25) is 0 Å². The van der Waals surface area contributed by atoms with Crippen molar-refractivity contribution in [3.05, 3.63) is 36.0 Å². The lowest BCUT2D eigenvalue weighted by Crippen LogP contribution is -2.35. The topological polar surface area (TPSA) is 54.4 Å². The summed E-state index contributed by atoms with van der Waals surface area (Å²) in [6, 6.07) is 0. The molecular formula is C13H14O3. The van der Waals surface area contributed by atoms with Gasteiger partial charge in [0.1, 0.15) is 0 Å². The second kappa shape index (κ2) is 4.08. The standard InChI is InChI=1S/C13H14O3/c14-11-6-4-5-10(9-11)13(12(15)16)7-2-1-3-8-13/h1-2,4-6H,3,7-9H2,(H,15,16)/t13-/m1/s1. The molecule has 0 saturated carbocycles. The first-order chi connectivity index (χ1) is 7.65. The third-order valence-corrected chi connectivity index (χ3v) is 3.34. The van der Waals surface area contributed by atoms with Gasteiger partial charge in [0.15, 0.2) is 5.78 Å². The number of aliphatic carboxylic acids is 1. The lowest BCUT2D eigenvalue weighted by Gasteiger charge is -2.33. The molecule has 1 N–H and O–H groups in total. The molecule has 2 aliphatic carbocycles. The molecule has 0 saturated heterocycles. The van der Waals surface area contributed by atoms with Crippen LogP contribution in [0.3, 0.4) is 0 Å². The molecule has 2 aliphatic rings. The van der Waals surface area contributed by atoms with Crippen LogP contribution >= 0.6 is 0 Å². The monoisotopic (exact) mass is 218 g/mol. The lowest BCUT2D eigenvalue weighted by molar-refractivity contribution is -0.147. The summed E-state index contributed by atoms with van der Waals surface area (Å²) in [6.07, 6.45) is 10.9. The van der Waals surface area contributed by atoms with Gasteiger partial charge in [0.05, 0.1) is 5.41 Å². The van der Waals surface area contributed by atoms with E-state index in [1.807, 2.05) is 12.2 Å². The molecule has 1 atom stereocenters. The molecule has 3 heteroatoms. The van der Waals surface area contributed by atoms with E-state index in [0.29, 0.717) is 12.8 Å². The Morgan fingerprint density at radius 2 is 2.19 bits per heavy atom. The summed E-state index contributed by atoms with van der Waals surface area (Å²) >= 11 is 0. The molecular weight excluding hydrogens is 204 g/mol. The number of hydrogen-bond acceptors (Lipinski definition) is 2. The molecule has 0 unspecified atom stereocenters. The average molecular weight is 218 g/mol. The summed E-state index contributed by atoms with van der Waals surface area (Å²) < 4.78 is 0. The number of rotatable bonds is 2. The van der Waals surface area contributed by atoms with E-state index in [4.69, 9.17) is 0 Å². The van der Waals surface area contributed by atoms with Gasteiger partial charge in [0, 0.05) is 6.42 Å². The van der Waals surface area contributed by atoms with Crippen molar-refractivity contribution < 1.29 is 14.7 Å². The van der Waals surface area contributed by atoms with Gasteiger partial charge in [-0.3, -0.25) is 9.59 Å². The number of allylic oxidation sites excluding steroid dienone is 5. The van der Waals surface area contributed by atoms with E-state index in [-0.39, 0.29) is 12.2 Å². The number of carbonyl (C=O) groups is 2. The summed E-state index contributed by atoms with van der Waals surface area (Å²) in [5.41, 5.74) is -0.105. The van der Waals surface area contributed by atoms with E-state index in [1.54, 1.807) is 12.2 Å². The minimum absolute atomic E-state index is 0.00678. The predicted molar refractivity (Wildman–Crippen MR) is 59.9 cm³/mol. The summed E-state index contributed by atoms with van der Waals surface area (Å²) in [5, 5.41) is 9.42. The highest BCUT2D eigenvalue weighted by Gasteiger charge is 2.42. The maximum absolute atomic E-state index is 11.5. The van der Waals surface area contributed by atoms with Crippen molar-refractivity contribution in [3.63, 3.8) is 0 Å². The predicted octanol–water partition coefficient (Wildman–Crippen LogP) is 2.25. The van der Waals surface area contributed by atoms with Crippen LogP contribution in [-0.2, 0) is 9.59 Å². The summed E-state index contributed by atoms with van der Waals surface area (Å²) in [4.78, 5) is 22.8. The molecule has 0 fully saturated rings. The van der Waals surface area contributed by atoms with Crippen LogP contribution in [0.5, 0.6) is 0 Å². The van der Waals surface area contributed by atoms with Crippen LogP contribution in [0.4, 0.5) is 0 Å². The fraction of sp³-hybridized carbons (Fsp3) is 0.385. The Morgan fingerprint density at radius 3 is 2.75 bits per heavy atom. The largest absolute Gasteiger partial charge is 0.481 e. The third-order valence-electron chi connectivity index (χ3n) is 3.34. The SMILES string of the molecule is O=C1C=CC=C([C@@]2(C(=O)O)CC=CCC2)C1. The van der Waals surface area contributed by atoms with Crippen LogP contribution in [0.15, 0.2) is 36.0 Å². The second-order valence-electron chi connectivity index (χ2n) is 4.30. The van der Waals surface area contributed by atoms with Crippen LogP contribution < -0.4 is 0 Å². The number of carboxylic acid groups (broad SMARTS) is 1. The van der Waals surface area contributed by atoms with E-state index in [0.717, 1.165) is 12.0 Å². The minimum atomic E-state index is -0.852. The second-order valence-corrected chi connectivity index (χ2v) is 4.30. The van der Waals surface area contributed by atoms with Crippen LogP contribution in [0.25, 0.3) is 0 Å². The van der Waals surface area contributed by atoms with E-state index >= 15 is 0 Å². The van der Waals surface area contributed by atoms with Gasteiger partial charge in [0.25, 0.3) is 0 Å². The average Bonchev–Trinajstić information content (AvgIpc) is 2.30. The summed E-state index contributed by atoms with van der Waals surface area (Å²) in [5.74, 6) is -0.820. The van der Waals surface area contributed by atoms with Crippen LogP contribution in [-0.4, -0.2) is 16.9 Å². The normalized spacial score (nSPS) is 29.0. The Labute approximate surface area is 94.2 Å². The first-order valence-electron chi connectivity index (χ1n) is 5.44. The molecule has 84 valence electrons. The van der Waals surface area contributed by atoms with Crippen molar-refractivity contribution in [1.82, 2.24) is 0 Å². The molecule has 0 heterocycles. The quantitative estimate of drug-likeness (QED) is 0.723. The Bertz CT molecular complexity index is 415. The highest BCUT2D eigenvalue weighted by Crippen LogP contribution is 2.42. The Balaban J connectivity index is 2.36. The van der Waals surface area contributed by atoms with Crippen LogP contribution in [0.2, 0.25) is 0 Å². The van der Waals surface area contributed by atoms with Crippen molar-refractivity contribution in [2.24, 2.45) is 5.41 Å². The zero-order chi connectivity index (χ0) is 11.6. The van der Waals surface area contributed by atoms with Crippen molar-refractivity contribution in [2.75, 3.05) is 0 Å². The smallest absolute Gasteiger partial charge is 0.314 e. The number of hydrogen-bond donors (Lipinski definition) is 1. The van der Waals surface area contributed by atoms with Crippen LogP contribution in [0, 0.1) is 5.41 Å². The maximum atomic E-state index is 11.5. The molecule has 0 amide bonds. The van der Waals surface area contributed by atoms with Gasteiger partial charge >= 0.3 is 5.97 Å². The first-order valence-corrected chi connectivity index (χ1v) is 5.44. The van der Waals surface area contributed by atoms with E-state index in [1.165, 1.54) is 6.08 Å². The maximum Gasteiger partial charge on any atom is 0.314 e. The molecule has 0 radical (unpaired) electrons. The zero-order valence-electron chi connectivity index (χ0n) is 8.98. The fourth-order valence-electron chi connectivity index (χ4n) is 2.36. The van der Waals surface area contributed by atoms with E-state index in [2.05, 4.69) is 0 Å².